The van der Waals surface area contributed by atoms with Crippen molar-refractivity contribution in [2.75, 3.05) is 18.5 Å². The molecule has 0 atom stereocenters. The van der Waals surface area contributed by atoms with Crippen molar-refractivity contribution >= 4 is 44.8 Å². The predicted octanol–water partition coefficient (Wildman–Crippen LogP) is 3.37. The number of aryl methyl sites for hydroxylation is 1. The molecule has 0 aromatic carbocycles. The highest BCUT2D eigenvalue weighted by Crippen LogP contribution is 2.40. The Morgan fingerprint density at radius 3 is 2.52 bits per heavy atom. The minimum atomic E-state index is -4.86. The van der Waals surface area contributed by atoms with E-state index in [-0.39, 0.29) is 29.7 Å². The summed E-state index contributed by atoms with van der Waals surface area (Å²) in [6, 6.07) is 2.80. The highest BCUT2D eigenvalue weighted by Gasteiger charge is 2.57. The summed E-state index contributed by atoms with van der Waals surface area (Å²) in [6.45, 7) is -0.514. The van der Waals surface area contributed by atoms with Gasteiger partial charge in [0, 0.05) is 38.3 Å². The largest absolute Gasteiger partial charge is 0.407 e. The fourth-order valence-electron chi connectivity index (χ4n) is 3.16. The number of nitrogens with one attached hydrogen (secondary N) is 2. The Balaban J connectivity index is 1.93. The lowest BCUT2D eigenvalue weighted by molar-refractivity contribution is -0.210. The van der Waals surface area contributed by atoms with E-state index in [0.29, 0.717) is 0 Å². The molecule has 3 rings (SSSR count). The lowest BCUT2D eigenvalue weighted by atomic mass is 9.91. The van der Waals surface area contributed by atoms with Crippen molar-refractivity contribution in [3.8, 4) is 0 Å². The molecule has 3 heterocycles. The van der Waals surface area contributed by atoms with Crippen LogP contribution in [0.2, 0.25) is 10.2 Å². The lowest BCUT2D eigenvalue weighted by Crippen LogP contribution is -2.61. The van der Waals surface area contributed by atoms with Crippen LogP contribution in [-0.2, 0) is 21.8 Å². The minimum absolute atomic E-state index is 0.108. The number of rotatable bonds is 5. The Morgan fingerprint density at radius 1 is 1.29 bits per heavy atom. The first-order chi connectivity index (χ1) is 14.4. The number of amides is 1. The zero-order valence-corrected chi connectivity index (χ0v) is 18.3. The van der Waals surface area contributed by atoms with Crippen molar-refractivity contribution in [1.29, 1.82) is 0 Å². The van der Waals surface area contributed by atoms with Gasteiger partial charge in [-0.3, -0.25) is 4.79 Å². The summed E-state index contributed by atoms with van der Waals surface area (Å²) in [4.78, 5) is 15.7. The molecule has 1 amide bonds. The Morgan fingerprint density at radius 2 is 1.94 bits per heavy atom. The van der Waals surface area contributed by atoms with E-state index in [1.54, 1.807) is 4.72 Å². The average molecular weight is 501 g/mol. The molecule has 170 valence electrons. The van der Waals surface area contributed by atoms with Crippen LogP contribution in [0, 0.1) is 0 Å². The van der Waals surface area contributed by atoms with Crippen LogP contribution in [0.3, 0.4) is 0 Å². The molecule has 8 nitrogen and oxygen atoms in total. The van der Waals surface area contributed by atoms with Gasteiger partial charge in [0.15, 0.2) is 0 Å². The molecule has 0 aliphatic carbocycles. The van der Waals surface area contributed by atoms with Gasteiger partial charge in [-0.25, -0.2) is 13.4 Å². The van der Waals surface area contributed by atoms with Crippen LogP contribution in [-0.4, -0.2) is 48.8 Å². The zero-order valence-electron chi connectivity index (χ0n) is 16.0. The van der Waals surface area contributed by atoms with Gasteiger partial charge in [0.25, 0.3) is 5.91 Å². The topological polar surface area (TPSA) is 102 Å². The van der Waals surface area contributed by atoms with Crippen LogP contribution in [0.4, 0.5) is 18.9 Å². The third-order valence-electron chi connectivity index (χ3n) is 4.80. The van der Waals surface area contributed by atoms with Gasteiger partial charge in [0.2, 0.25) is 10.0 Å². The summed E-state index contributed by atoms with van der Waals surface area (Å²) in [6.07, 6.45) is -3.71. The number of alkyl halides is 3. The molecule has 2 aromatic rings. The van der Waals surface area contributed by atoms with Crippen molar-refractivity contribution < 1.29 is 31.1 Å². The first kappa shape index (κ1) is 23.8. The molecule has 1 aliphatic rings. The van der Waals surface area contributed by atoms with Gasteiger partial charge in [-0.1, -0.05) is 23.2 Å². The second kappa shape index (κ2) is 8.58. The average Bonchev–Trinajstić information content (AvgIpc) is 2.96. The third-order valence-corrected chi connectivity index (χ3v) is 7.04. The fourth-order valence-corrected chi connectivity index (χ4v) is 5.48. The number of carbonyl (C=O) groups is 1. The number of sulfonamides is 1. The van der Waals surface area contributed by atoms with Crippen LogP contribution in [0.1, 0.15) is 23.3 Å². The second-order valence-corrected chi connectivity index (χ2v) is 9.30. The summed E-state index contributed by atoms with van der Waals surface area (Å²) in [7, 11) is -3.40. The molecule has 1 aliphatic heterocycles. The monoisotopic (exact) mass is 500 g/mol. The van der Waals surface area contributed by atoms with E-state index in [1.165, 1.54) is 25.4 Å². The van der Waals surface area contributed by atoms with E-state index in [1.807, 2.05) is 0 Å². The molecule has 1 saturated heterocycles. The molecule has 0 bridgehead atoms. The van der Waals surface area contributed by atoms with Crippen molar-refractivity contribution in [1.82, 2.24) is 14.3 Å². The van der Waals surface area contributed by atoms with Crippen molar-refractivity contribution in [3.63, 3.8) is 0 Å². The van der Waals surface area contributed by atoms with Gasteiger partial charge in [0.1, 0.15) is 21.3 Å². The van der Waals surface area contributed by atoms with Gasteiger partial charge in [0.05, 0.1) is 5.02 Å². The molecule has 2 N–H and O–H groups in total. The molecule has 0 spiro atoms. The molecule has 0 saturated carbocycles. The van der Waals surface area contributed by atoms with Crippen LogP contribution >= 0.6 is 23.2 Å². The molecule has 0 unspecified atom stereocenters. The molecule has 31 heavy (non-hydrogen) atoms. The smallest absolute Gasteiger partial charge is 0.381 e. The van der Waals surface area contributed by atoms with E-state index >= 15 is 0 Å². The number of pyridine rings is 1. The molecular weight excluding hydrogens is 484 g/mol. The van der Waals surface area contributed by atoms with Crippen LogP contribution in [0.5, 0.6) is 0 Å². The van der Waals surface area contributed by atoms with Crippen molar-refractivity contribution in [3.05, 3.63) is 40.4 Å². The number of nitrogens with zero attached hydrogens (tertiary/aromatic N) is 2. The summed E-state index contributed by atoms with van der Waals surface area (Å²) in [5.41, 5.74) is -2.69. The first-order valence-electron chi connectivity index (χ1n) is 8.82. The molecule has 0 radical (unpaired) electrons. The molecule has 2 aromatic heterocycles. The van der Waals surface area contributed by atoms with Crippen LogP contribution < -0.4 is 10.0 Å². The minimum Gasteiger partial charge on any atom is -0.381 e. The Labute approximate surface area is 185 Å². The first-order valence-corrected chi connectivity index (χ1v) is 11.1. The van der Waals surface area contributed by atoms with Crippen molar-refractivity contribution in [2.24, 2.45) is 7.05 Å². The number of ether oxygens (including phenoxy) is 1. The quantitative estimate of drug-likeness (QED) is 0.612. The summed E-state index contributed by atoms with van der Waals surface area (Å²) < 4.78 is 74.7. The Kier molecular flexibility index (Phi) is 6.59. The van der Waals surface area contributed by atoms with Crippen LogP contribution in [0.15, 0.2) is 29.4 Å². The van der Waals surface area contributed by atoms with Crippen LogP contribution in [0.25, 0.3) is 0 Å². The molecular formula is C17H17Cl2F3N4O4S. The van der Waals surface area contributed by atoms with Gasteiger partial charge in [-0.2, -0.15) is 17.9 Å². The fraction of sp³-hybridized carbons (Fsp3) is 0.412. The van der Waals surface area contributed by atoms with E-state index in [0.717, 1.165) is 10.8 Å². The molecule has 1 fully saturated rings. The highest BCUT2D eigenvalue weighted by atomic mass is 35.5. The number of hydrogen-bond donors (Lipinski definition) is 2. The standard InChI is InChI=1S/C17H17Cl2F3N4O4S/c1-26-9-11(13(19)14(26)15(27)24-10-2-5-23-12(18)8-10)31(28,29)25-16(17(20,21)22)3-6-30-7-4-16/h2,5,8-9,25H,3-4,6-7H2,1H3,(H,23,24,27). The maximum absolute atomic E-state index is 13.7. The van der Waals surface area contributed by atoms with E-state index in [4.69, 9.17) is 27.9 Å². The predicted molar refractivity (Wildman–Crippen MR) is 107 cm³/mol. The number of carbonyl (C=O) groups excluding carboxylic acids is 1. The van der Waals surface area contributed by atoms with Gasteiger partial charge < -0.3 is 14.6 Å². The summed E-state index contributed by atoms with van der Waals surface area (Å²) in [5.74, 6) is -0.784. The highest BCUT2D eigenvalue weighted by molar-refractivity contribution is 7.89. The van der Waals surface area contributed by atoms with Crippen molar-refractivity contribution in [2.45, 2.75) is 29.5 Å². The lowest BCUT2D eigenvalue weighted by Gasteiger charge is -2.38. The van der Waals surface area contributed by atoms with E-state index in [2.05, 4.69) is 10.3 Å². The summed E-state index contributed by atoms with van der Waals surface area (Å²) >= 11 is 11.9. The van der Waals surface area contributed by atoms with E-state index < -0.39 is 50.4 Å². The normalized spacial score (nSPS) is 16.8. The van der Waals surface area contributed by atoms with Gasteiger partial charge in [-0.05, 0) is 25.0 Å². The second-order valence-electron chi connectivity index (χ2n) is 6.89. The number of hydrogen-bond acceptors (Lipinski definition) is 5. The third kappa shape index (κ3) is 4.82. The Hall–Kier alpha value is -1.86. The number of anilines is 1. The maximum atomic E-state index is 13.7. The zero-order chi connectivity index (χ0) is 23.0. The molecule has 14 heteroatoms. The number of aromatic nitrogens is 2. The van der Waals surface area contributed by atoms with E-state index in [9.17, 15) is 26.4 Å². The SMILES string of the molecule is Cn1cc(S(=O)(=O)NC2(C(F)(F)F)CCOCC2)c(Cl)c1C(=O)Nc1ccnc(Cl)c1. The summed E-state index contributed by atoms with van der Waals surface area (Å²) in [5, 5.41) is 2.07. The van der Waals surface area contributed by atoms with Gasteiger partial charge >= 0.3 is 6.18 Å². The maximum Gasteiger partial charge on any atom is 0.407 e. The van der Waals surface area contributed by atoms with Gasteiger partial charge in [-0.15, -0.1) is 0 Å². The number of halogens is 5. The Bertz CT molecular complexity index is 1100.